The molecule has 2 heteroatoms. The van der Waals surface area contributed by atoms with E-state index in [1.807, 2.05) is 0 Å². The third-order valence-electron chi connectivity index (χ3n) is 3.41. The number of alkyl halides is 1. The van der Waals surface area contributed by atoms with Crippen LogP contribution in [0.2, 0.25) is 0 Å². The summed E-state index contributed by atoms with van der Waals surface area (Å²) >= 11 is 3.79. The summed E-state index contributed by atoms with van der Waals surface area (Å²) < 4.78 is 5.46. The van der Waals surface area contributed by atoms with Gasteiger partial charge in [-0.3, -0.25) is 0 Å². The molecule has 1 unspecified atom stereocenters. The Bertz CT molecular complexity index is 560. The van der Waals surface area contributed by atoms with Gasteiger partial charge in [0, 0.05) is 0 Å². The molecule has 0 amide bonds. The summed E-state index contributed by atoms with van der Waals surface area (Å²) in [7, 11) is 0. The van der Waals surface area contributed by atoms with E-state index in [-0.39, 0.29) is 4.83 Å². The van der Waals surface area contributed by atoms with Gasteiger partial charge in [-0.1, -0.05) is 64.0 Å². The summed E-state index contributed by atoms with van der Waals surface area (Å²) in [6, 6.07) is 15.3. The van der Waals surface area contributed by atoms with Crippen LogP contribution in [0, 0.1) is 6.92 Å². The predicted octanol–water partition coefficient (Wildman–Crippen LogP) is 4.51. The first-order chi connectivity index (χ1) is 8.74. The number of ether oxygens (including phenoxy) is 1. The van der Waals surface area contributed by atoms with Crippen LogP contribution >= 0.6 is 15.9 Å². The molecule has 1 nitrogen and oxygen atoms in total. The lowest BCUT2D eigenvalue weighted by Crippen LogP contribution is -1.94. The minimum absolute atomic E-state index is 0.254. The molecule has 18 heavy (non-hydrogen) atoms. The Kier molecular flexibility index (Phi) is 3.23. The number of halogens is 1. The fraction of sp³-hybridized carbons (Fsp3) is 0.250. The number of hydrogen-bond donors (Lipinski definition) is 0. The van der Waals surface area contributed by atoms with Gasteiger partial charge in [-0.15, -0.1) is 0 Å². The highest BCUT2D eigenvalue weighted by atomic mass is 79.9. The van der Waals surface area contributed by atoms with Gasteiger partial charge in [-0.05, 0) is 29.2 Å². The molecule has 0 bridgehead atoms. The van der Waals surface area contributed by atoms with Crippen molar-refractivity contribution < 1.29 is 4.74 Å². The van der Waals surface area contributed by atoms with E-state index in [2.05, 4.69) is 65.3 Å². The lowest BCUT2D eigenvalue weighted by atomic mass is 10.00. The van der Waals surface area contributed by atoms with Crippen molar-refractivity contribution in [1.82, 2.24) is 0 Å². The maximum absolute atomic E-state index is 5.46. The van der Waals surface area contributed by atoms with E-state index in [0.29, 0.717) is 0 Å². The summed E-state index contributed by atoms with van der Waals surface area (Å²) in [4.78, 5) is 0.254. The quantitative estimate of drug-likeness (QED) is 0.742. The second-order valence-electron chi connectivity index (χ2n) is 4.79. The number of benzene rings is 2. The zero-order valence-corrected chi connectivity index (χ0v) is 11.9. The zero-order valence-electron chi connectivity index (χ0n) is 10.3. The van der Waals surface area contributed by atoms with Crippen molar-refractivity contribution >= 4 is 15.9 Å². The van der Waals surface area contributed by atoms with Crippen LogP contribution in [0.3, 0.4) is 0 Å². The minimum Gasteiger partial charge on any atom is -0.372 e. The Balaban J connectivity index is 1.92. The van der Waals surface area contributed by atoms with Crippen LogP contribution in [-0.4, -0.2) is 0 Å². The predicted molar refractivity (Wildman–Crippen MR) is 76.9 cm³/mol. The van der Waals surface area contributed by atoms with Gasteiger partial charge in [0.15, 0.2) is 0 Å². The van der Waals surface area contributed by atoms with Gasteiger partial charge in [0.1, 0.15) is 0 Å². The number of aryl methyl sites for hydroxylation is 1. The molecule has 0 saturated heterocycles. The van der Waals surface area contributed by atoms with E-state index in [0.717, 1.165) is 13.2 Å². The average Bonchev–Trinajstić information content (AvgIpc) is 2.86. The van der Waals surface area contributed by atoms with Gasteiger partial charge in [0.2, 0.25) is 0 Å². The van der Waals surface area contributed by atoms with Gasteiger partial charge in [0.05, 0.1) is 18.0 Å². The maximum atomic E-state index is 5.46. The summed E-state index contributed by atoms with van der Waals surface area (Å²) in [6.45, 7) is 3.61. The number of hydrogen-bond acceptors (Lipinski definition) is 1. The Morgan fingerprint density at radius 1 is 0.944 bits per heavy atom. The van der Waals surface area contributed by atoms with E-state index < -0.39 is 0 Å². The second kappa shape index (κ2) is 4.87. The molecular weight excluding hydrogens is 288 g/mol. The lowest BCUT2D eigenvalue weighted by Gasteiger charge is -2.12. The molecule has 3 rings (SSSR count). The van der Waals surface area contributed by atoms with Crippen molar-refractivity contribution in [3.8, 4) is 0 Å². The molecule has 0 radical (unpaired) electrons. The first-order valence-electron chi connectivity index (χ1n) is 6.14. The molecule has 92 valence electrons. The van der Waals surface area contributed by atoms with Gasteiger partial charge in [-0.2, -0.15) is 0 Å². The van der Waals surface area contributed by atoms with Crippen LogP contribution in [0.25, 0.3) is 0 Å². The number of fused-ring (bicyclic) bond motifs is 1. The van der Waals surface area contributed by atoms with Gasteiger partial charge in [0.25, 0.3) is 0 Å². The average molecular weight is 303 g/mol. The largest absolute Gasteiger partial charge is 0.372 e. The molecule has 1 heterocycles. The first kappa shape index (κ1) is 11.9. The van der Waals surface area contributed by atoms with Gasteiger partial charge in [-0.25, -0.2) is 0 Å². The second-order valence-corrected chi connectivity index (χ2v) is 5.71. The maximum Gasteiger partial charge on any atom is 0.0725 e. The van der Waals surface area contributed by atoms with Crippen LogP contribution in [0.4, 0.5) is 0 Å². The third-order valence-corrected chi connectivity index (χ3v) is 4.47. The Hall–Kier alpha value is -1.12. The summed E-state index contributed by atoms with van der Waals surface area (Å²) in [5.41, 5.74) is 6.52. The molecule has 0 aromatic heterocycles. The molecule has 0 fully saturated rings. The van der Waals surface area contributed by atoms with E-state index in [1.54, 1.807) is 0 Å². The highest BCUT2D eigenvalue weighted by Crippen LogP contribution is 2.33. The van der Waals surface area contributed by atoms with Crippen LogP contribution in [-0.2, 0) is 18.0 Å². The molecule has 2 aromatic rings. The highest BCUT2D eigenvalue weighted by molar-refractivity contribution is 9.09. The fourth-order valence-corrected chi connectivity index (χ4v) is 2.87. The molecule has 0 aliphatic carbocycles. The summed E-state index contributed by atoms with van der Waals surface area (Å²) in [5.74, 6) is 0. The first-order valence-corrected chi connectivity index (χ1v) is 7.06. The smallest absolute Gasteiger partial charge is 0.0725 e. The molecule has 0 spiro atoms. The molecule has 1 atom stereocenters. The Morgan fingerprint density at radius 3 is 2.39 bits per heavy atom. The lowest BCUT2D eigenvalue weighted by molar-refractivity contribution is 0.134. The van der Waals surface area contributed by atoms with Crippen molar-refractivity contribution in [2.45, 2.75) is 25.0 Å². The van der Waals surface area contributed by atoms with Crippen molar-refractivity contribution in [3.63, 3.8) is 0 Å². The molecule has 0 saturated carbocycles. The molecular formula is C16H15BrO. The zero-order chi connectivity index (χ0) is 12.5. The standard InChI is InChI=1S/C16H15BrO/c1-11-2-4-12(5-3-11)16(17)13-6-7-14-9-18-10-15(14)8-13/h2-8,16H,9-10H2,1H3. The molecule has 0 N–H and O–H groups in total. The topological polar surface area (TPSA) is 9.23 Å². The van der Waals surface area contributed by atoms with E-state index in [4.69, 9.17) is 4.74 Å². The van der Waals surface area contributed by atoms with Crippen LogP contribution in [0.15, 0.2) is 42.5 Å². The molecule has 2 aromatic carbocycles. The Labute approximate surface area is 116 Å². The number of rotatable bonds is 2. The Morgan fingerprint density at radius 2 is 1.61 bits per heavy atom. The van der Waals surface area contributed by atoms with Crippen molar-refractivity contribution in [2.24, 2.45) is 0 Å². The SMILES string of the molecule is Cc1ccc(C(Br)c2ccc3c(c2)COC3)cc1. The van der Waals surface area contributed by atoms with Crippen molar-refractivity contribution in [2.75, 3.05) is 0 Å². The highest BCUT2D eigenvalue weighted by Gasteiger charge is 2.15. The monoisotopic (exact) mass is 302 g/mol. The molecule has 1 aliphatic rings. The normalized spacial score (nSPS) is 15.4. The van der Waals surface area contributed by atoms with Crippen molar-refractivity contribution in [3.05, 3.63) is 70.3 Å². The van der Waals surface area contributed by atoms with Gasteiger partial charge >= 0.3 is 0 Å². The van der Waals surface area contributed by atoms with Crippen LogP contribution in [0.5, 0.6) is 0 Å². The van der Waals surface area contributed by atoms with E-state index in [9.17, 15) is 0 Å². The third kappa shape index (κ3) is 2.23. The van der Waals surface area contributed by atoms with Gasteiger partial charge < -0.3 is 4.74 Å². The molecule has 1 aliphatic heterocycles. The van der Waals surface area contributed by atoms with E-state index in [1.165, 1.54) is 27.8 Å². The minimum atomic E-state index is 0.254. The van der Waals surface area contributed by atoms with Crippen molar-refractivity contribution in [1.29, 1.82) is 0 Å². The van der Waals surface area contributed by atoms with Crippen LogP contribution < -0.4 is 0 Å². The van der Waals surface area contributed by atoms with Crippen LogP contribution in [0.1, 0.15) is 32.6 Å². The fourth-order valence-electron chi connectivity index (χ4n) is 2.28. The summed E-state index contributed by atoms with van der Waals surface area (Å²) in [6.07, 6.45) is 0. The van der Waals surface area contributed by atoms with E-state index >= 15 is 0 Å². The summed E-state index contributed by atoms with van der Waals surface area (Å²) in [5, 5.41) is 0.